The van der Waals surface area contributed by atoms with Gasteiger partial charge >= 0.3 is 17.9 Å². The zero-order chi connectivity index (χ0) is 58.5. The number of esters is 3. The summed E-state index contributed by atoms with van der Waals surface area (Å²) < 4.78 is 17.0. The van der Waals surface area contributed by atoms with E-state index in [-0.39, 0.29) is 31.1 Å². The molecule has 0 aliphatic carbocycles. The number of carbonyl (C=O) groups is 3. The van der Waals surface area contributed by atoms with Gasteiger partial charge in [-0.1, -0.05) is 312 Å². The largest absolute Gasteiger partial charge is 0.462 e. The molecule has 0 aromatic heterocycles. The molecule has 0 saturated carbocycles. The molecule has 0 heterocycles. The SMILES string of the molecule is CC/C=C\C/C=C\C/C=C\C/C=C\CCCCCCCCC(=O)OCC(COC(=O)CCCCCCCCCCCCC/C=C\CCCCCCCCCC)OC(=O)CCCCCCCCCCC/C=C\CCCCCCCCCC. The number of ether oxygens (including phenoxy) is 3. The van der Waals surface area contributed by atoms with Crippen LogP contribution in [0.3, 0.4) is 0 Å². The minimum atomic E-state index is -0.785. The lowest BCUT2D eigenvalue weighted by Gasteiger charge is -2.18. The summed E-state index contributed by atoms with van der Waals surface area (Å²) in [5.41, 5.74) is 0. The van der Waals surface area contributed by atoms with Gasteiger partial charge in [0.1, 0.15) is 13.2 Å². The van der Waals surface area contributed by atoms with Crippen LogP contribution in [0.1, 0.15) is 367 Å². The molecule has 0 bridgehead atoms. The maximum Gasteiger partial charge on any atom is 0.306 e. The third-order valence-electron chi connectivity index (χ3n) is 15.7. The van der Waals surface area contributed by atoms with Gasteiger partial charge < -0.3 is 14.2 Å². The van der Waals surface area contributed by atoms with Gasteiger partial charge in [0.15, 0.2) is 6.10 Å². The lowest BCUT2D eigenvalue weighted by atomic mass is 10.0. The van der Waals surface area contributed by atoms with Crippen LogP contribution < -0.4 is 0 Å². The van der Waals surface area contributed by atoms with Crippen LogP contribution in [0.15, 0.2) is 72.9 Å². The van der Waals surface area contributed by atoms with Gasteiger partial charge in [-0.2, -0.15) is 0 Å². The average Bonchev–Trinajstić information content (AvgIpc) is 3.47. The van der Waals surface area contributed by atoms with Crippen molar-refractivity contribution < 1.29 is 28.6 Å². The molecule has 0 saturated heterocycles. The zero-order valence-corrected chi connectivity index (χ0v) is 54.1. The van der Waals surface area contributed by atoms with Gasteiger partial charge in [0.2, 0.25) is 0 Å². The van der Waals surface area contributed by atoms with Crippen molar-refractivity contribution >= 4 is 17.9 Å². The topological polar surface area (TPSA) is 78.9 Å². The predicted molar refractivity (Wildman–Crippen MR) is 353 cm³/mol. The summed E-state index contributed by atoms with van der Waals surface area (Å²) in [4.78, 5) is 38.5. The summed E-state index contributed by atoms with van der Waals surface area (Å²) >= 11 is 0. The predicted octanol–water partition coefficient (Wildman–Crippen LogP) is 24.4. The number of unbranched alkanes of at least 4 members (excludes halogenated alkanes) is 42. The summed E-state index contributed by atoms with van der Waals surface area (Å²) in [6.45, 7) is 6.57. The minimum absolute atomic E-state index is 0.0789. The zero-order valence-electron chi connectivity index (χ0n) is 54.1. The van der Waals surface area contributed by atoms with Crippen LogP contribution in [0.2, 0.25) is 0 Å². The maximum atomic E-state index is 13.0. The quantitative estimate of drug-likeness (QED) is 0.0261. The Hall–Kier alpha value is -3.15. The monoisotopic (exact) mass is 1130 g/mol. The van der Waals surface area contributed by atoms with Crippen LogP contribution in [-0.2, 0) is 28.6 Å². The van der Waals surface area contributed by atoms with E-state index in [1.807, 2.05) is 0 Å². The van der Waals surface area contributed by atoms with E-state index in [9.17, 15) is 14.4 Å². The third-order valence-corrected chi connectivity index (χ3v) is 15.7. The van der Waals surface area contributed by atoms with Crippen LogP contribution in [0.4, 0.5) is 0 Å². The summed E-state index contributed by atoms with van der Waals surface area (Å²) in [5, 5.41) is 0. The summed E-state index contributed by atoms with van der Waals surface area (Å²) in [6.07, 6.45) is 90.6. The molecular formula is C75H134O6. The summed E-state index contributed by atoms with van der Waals surface area (Å²) in [5.74, 6) is -0.875. The normalized spacial score (nSPS) is 12.5. The van der Waals surface area contributed by atoms with Crippen LogP contribution in [-0.4, -0.2) is 37.2 Å². The fraction of sp³-hybridized carbons (Fsp3) is 0.800. The first-order valence-corrected chi connectivity index (χ1v) is 35.4. The molecule has 1 atom stereocenters. The van der Waals surface area contributed by atoms with Crippen molar-refractivity contribution in [1.29, 1.82) is 0 Å². The van der Waals surface area contributed by atoms with Crippen molar-refractivity contribution in [2.75, 3.05) is 13.2 Å². The molecule has 0 N–H and O–H groups in total. The molecule has 0 aromatic rings. The van der Waals surface area contributed by atoms with Crippen molar-refractivity contribution in [3.63, 3.8) is 0 Å². The van der Waals surface area contributed by atoms with E-state index in [0.29, 0.717) is 19.3 Å². The van der Waals surface area contributed by atoms with Gasteiger partial charge in [-0.05, 0) is 109 Å². The fourth-order valence-electron chi connectivity index (χ4n) is 10.4. The van der Waals surface area contributed by atoms with Crippen LogP contribution in [0.5, 0.6) is 0 Å². The van der Waals surface area contributed by atoms with Crippen LogP contribution in [0, 0.1) is 0 Å². The maximum absolute atomic E-state index is 13.0. The van der Waals surface area contributed by atoms with E-state index in [2.05, 4.69) is 93.7 Å². The Kier molecular flexibility index (Phi) is 66.6. The highest BCUT2D eigenvalue weighted by atomic mass is 16.6. The first kappa shape index (κ1) is 77.9. The van der Waals surface area contributed by atoms with E-state index in [1.165, 1.54) is 238 Å². The van der Waals surface area contributed by atoms with Crippen LogP contribution in [0.25, 0.3) is 0 Å². The molecule has 6 nitrogen and oxygen atoms in total. The number of allylic oxidation sites excluding steroid dienone is 12. The van der Waals surface area contributed by atoms with Gasteiger partial charge in [0.25, 0.3) is 0 Å². The smallest absolute Gasteiger partial charge is 0.306 e. The van der Waals surface area contributed by atoms with Gasteiger partial charge in [-0.25, -0.2) is 0 Å². The van der Waals surface area contributed by atoms with Crippen molar-refractivity contribution in [2.45, 2.75) is 374 Å². The van der Waals surface area contributed by atoms with Gasteiger partial charge in [-0.3, -0.25) is 14.4 Å². The second kappa shape index (κ2) is 69.3. The Bertz CT molecular complexity index is 1490. The van der Waals surface area contributed by atoms with Crippen molar-refractivity contribution in [3.8, 4) is 0 Å². The highest BCUT2D eigenvalue weighted by Crippen LogP contribution is 2.17. The number of rotatable bonds is 65. The lowest BCUT2D eigenvalue weighted by molar-refractivity contribution is -0.167. The van der Waals surface area contributed by atoms with E-state index < -0.39 is 6.10 Å². The number of hydrogen-bond donors (Lipinski definition) is 0. The first-order chi connectivity index (χ1) is 40.0. The average molecular weight is 1130 g/mol. The molecule has 1 unspecified atom stereocenters. The molecule has 81 heavy (non-hydrogen) atoms. The van der Waals surface area contributed by atoms with E-state index in [1.54, 1.807) is 0 Å². The molecule has 0 aliphatic heterocycles. The molecule has 470 valence electrons. The van der Waals surface area contributed by atoms with E-state index >= 15 is 0 Å². The van der Waals surface area contributed by atoms with E-state index in [4.69, 9.17) is 14.2 Å². The standard InChI is InChI=1S/C75H134O6/c1-4-7-10-13-16-19-22-25-28-31-34-36-37-39-41-44-47-50-53-56-59-62-65-68-74(77)80-71-72(70-79-73(76)67-64-61-58-55-52-49-46-43-40-33-30-27-24-21-18-15-12-9-6-3)81-75(78)69-66-63-60-57-54-51-48-45-42-38-35-32-29-26-23-20-17-14-11-8-5-2/h9,12,18,21,27,30-32,34-35,40,43,72H,4-8,10-11,13-17,19-20,22-26,28-29,33,36-39,41-42,44-71H2,1-3H3/b12-9-,21-18-,30-27-,34-31-,35-32-,43-40-. The molecule has 0 aliphatic rings. The second-order valence-electron chi connectivity index (χ2n) is 23.8. The molecule has 6 heteroatoms. The first-order valence-electron chi connectivity index (χ1n) is 35.4. The highest BCUT2D eigenvalue weighted by Gasteiger charge is 2.19. The van der Waals surface area contributed by atoms with Gasteiger partial charge in [-0.15, -0.1) is 0 Å². The molecule has 0 amide bonds. The minimum Gasteiger partial charge on any atom is -0.462 e. The Morgan fingerprint density at radius 2 is 0.481 bits per heavy atom. The van der Waals surface area contributed by atoms with E-state index in [0.717, 1.165) is 89.9 Å². The van der Waals surface area contributed by atoms with Crippen LogP contribution >= 0.6 is 0 Å². The number of carbonyl (C=O) groups excluding carboxylic acids is 3. The molecule has 0 rings (SSSR count). The second-order valence-corrected chi connectivity index (χ2v) is 23.8. The van der Waals surface area contributed by atoms with Crippen molar-refractivity contribution in [1.82, 2.24) is 0 Å². The van der Waals surface area contributed by atoms with Gasteiger partial charge in [0, 0.05) is 19.3 Å². The Morgan fingerprint density at radius 3 is 0.765 bits per heavy atom. The molecular weight excluding hydrogens is 997 g/mol. The Labute approximate surface area is 503 Å². The number of hydrogen-bond acceptors (Lipinski definition) is 6. The third kappa shape index (κ3) is 67.5. The van der Waals surface area contributed by atoms with Crippen molar-refractivity contribution in [3.05, 3.63) is 72.9 Å². The molecule has 0 aromatic carbocycles. The Balaban J connectivity index is 4.36. The molecule has 0 spiro atoms. The summed E-state index contributed by atoms with van der Waals surface area (Å²) in [6, 6.07) is 0. The van der Waals surface area contributed by atoms with Gasteiger partial charge in [0.05, 0.1) is 0 Å². The highest BCUT2D eigenvalue weighted by molar-refractivity contribution is 5.71. The lowest BCUT2D eigenvalue weighted by Crippen LogP contribution is -2.30. The molecule has 0 fully saturated rings. The fourth-order valence-corrected chi connectivity index (χ4v) is 10.4. The summed E-state index contributed by atoms with van der Waals surface area (Å²) in [7, 11) is 0. The Morgan fingerprint density at radius 1 is 0.259 bits per heavy atom. The molecule has 0 radical (unpaired) electrons. The van der Waals surface area contributed by atoms with Crippen molar-refractivity contribution in [2.24, 2.45) is 0 Å².